The third kappa shape index (κ3) is 9.85. The topological polar surface area (TPSA) is 166 Å². The van der Waals surface area contributed by atoms with Crippen LogP contribution >= 0.6 is 23.4 Å². The van der Waals surface area contributed by atoms with Gasteiger partial charge in [0.1, 0.15) is 22.0 Å². The van der Waals surface area contributed by atoms with Gasteiger partial charge in [0, 0.05) is 106 Å². The van der Waals surface area contributed by atoms with Crippen molar-refractivity contribution in [1.29, 1.82) is 0 Å². The number of alkyl halides is 1. The number of pyridine rings is 1. The molecule has 2 fully saturated rings. The molecule has 0 bridgehead atoms. The van der Waals surface area contributed by atoms with E-state index in [1.54, 1.807) is 17.8 Å². The summed E-state index contributed by atoms with van der Waals surface area (Å²) in [5, 5.41) is 17.4. The number of H-pyrrole nitrogens is 1. The largest absolute Gasteiger partial charge is 0.381 e. The molecule has 3 N–H and O–H groups in total. The van der Waals surface area contributed by atoms with E-state index < -0.39 is 37.1 Å². The molecule has 2 aromatic heterocycles. The first-order valence-corrected chi connectivity index (χ1v) is 24.8. The van der Waals surface area contributed by atoms with Crippen LogP contribution in [0.1, 0.15) is 61.9 Å². The van der Waals surface area contributed by atoms with Gasteiger partial charge >= 0.3 is 0 Å². The van der Waals surface area contributed by atoms with E-state index in [-0.39, 0.29) is 49.3 Å². The van der Waals surface area contributed by atoms with Gasteiger partial charge in [-0.3, -0.25) is 19.8 Å². The standard InChI is InChI=1S/C47H52ClFN8O6S2/c1-46(2)13-11-33(38(28-46)31-3-5-34(48)6-4-31)29-54-17-19-55(20-18-54)35-7-9-37(40(26-35)56-21-24-64-45-42(56)25-32-12-16-50-43(32)52-45)44(58)53-65(61,62)36-8-10-39(41(27-36)57(59)60)51-30-47(49)14-22-63-23-15-47/h3-10,12,16,25-27,51H,11,13-15,17-24,28-30H2,1-2H3,(H,50,52)(H,53,58). The molecule has 0 radical (unpaired) electrons. The number of sulfonamides is 1. The Bertz CT molecular complexity index is 2770. The number of aromatic nitrogens is 2. The molecular formula is C47H52ClFN8O6S2. The van der Waals surface area contributed by atoms with E-state index >= 15 is 4.39 Å². The van der Waals surface area contributed by atoms with Crippen LogP contribution in [0.3, 0.4) is 0 Å². The molecule has 65 heavy (non-hydrogen) atoms. The average molecular weight is 944 g/mol. The molecule has 3 aliphatic heterocycles. The molecule has 14 nitrogen and oxygen atoms in total. The molecule has 1 amide bonds. The maximum absolute atomic E-state index is 15.3. The minimum Gasteiger partial charge on any atom is -0.381 e. The molecule has 1 aliphatic carbocycles. The van der Waals surface area contributed by atoms with Gasteiger partial charge in [-0.25, -0.2) is 22.5 Å². The van der Waals surface area contributed by atoms with E-state index in [1.807, 2.05) is 47.5 Å². The van der Waals surface area contributed by atoms with E-state index in [2.05, 4.69) is 50.8 Å². The lowest BCUT2D eigenvalue weighted by molar-refractivity contribution is -0.384. The van der Waals surface area contributed by atoms with Crippen molar-refractivity contribution in [3.8, 4) is 0 Å². The Morgan fingerprint density at radius 2 is 1.75 bits per heavy atom. The summed E-state index contributed by atoms with van der Waals surface area (Å²) in [6.45, 7) is 9.51. The molecule has 5 aromatic rings. The highest BCUT2D eigenvalue weighted by Crippen LogP contribution is 2.45. The summed E-state index contributed by atoms with van der Waals surface area (Å²) in [5.74, 6) is -0.225. The van der Waals surface area contributed by atoms with E-state index in [0.717, 1.165) is 90.5 Å². The number of thioether (sulfide) groups is 1. The molecular weight excluding hydrogens is 891 g/mol. The maximum Gasteiger partial charge on any atom is 0.293 e. The summed E-state index contributed by atoms with van der Waals surface area (Å²) in [6.07, 6.45) is 5.28. The Balaban J connectivity index is 0.976. The Morgan fingerprint density at radius 1 is 0.985 bits per heavy atom. The van der Waals surface area contributed by atoms with Crippen LogP contribution in [0.15, 0.2) is 94.5 Å². The van der Waals surface area contributed by atoms with E-state index in [9.17, 15) is 23.3 Å². The number of nitrogens with zero attached hydrogens (tertiary/aromatic N) is 5. The first-order chi connectivity index (χ1) is 31.1. The molecule has 18 heteroatoms. The van der Waals surface area contributed by atoms with Crippen LogP contribution in [0.2, 0.25) is 5.02 Å². The van der Waals surface area contributed by atoms with Gasteiger partial charge < -0.3 is 24.8 Å². The summed E-state index contributed by atoms with van der Waals surface area (Å²) in [6, 6.07) is 20.9. The van der Waals surface area contributed by atoms with Gasteiger partial charge in [-0.15, -0.1) is 11.8 Å². The second-order valence-corrected chi connectivity index (χ2v) is 21.3. The predicted octanol–water partition coefficient (Wildman–Crippen LogP) is 9.20. The molecule has 0 spiro atoms. The van der Waals surface area contributed by atoms with Crippen LogP contribution in [0.4, 0.5) is 32.8 Å². The van der Waals surface area contributed by atoms with Crippen LogP contribution in [-0.4, -0.2) is 105 Å². The van der Waals surface area contributed by atoms with Crippen LogP contribution in [0, 0.1) is 15.5 Å². The second-order valence-electron chi connectivity index (χ2n) is 18.1. The molecule has 5 heterocycles. The van der Waals surface area contributed by atoms with Crippen molar-refractivity contribution in [2.45, 2.75) is 61.5 Å². The number of halogens is 2. The fraction of sp³-hybridized carbons (Fsp3) is 0.404. The van der Waals surface area contributed by atoms with Gasteiger partial charge in [0.15, 0.2) is 0 Å². The lowest BCUT2D eigenvalue weighted by Crippen LogP contribution is -2.47. The molecule has 0 atom stereocenters. The van der Waals surface area contributed by atoms with Crippen LogP contribution in [0.25, 0.3) is 16.6 Å². The van der Waals surface area contributed by atoms with E-state index in [1.165, 1.54) is 28.8 Å². The summed E-state index contributed by atoms with van der Waals surface area (Å²) < 4.78 is 50.5. The average Bonchev–Trinajstić information content (AvgIpc) is 3.76. The van der Waals surface area contributed by atoms with Crippen LogP contribution in [-0.2, 0) is 14.8 Å². The quantitative estimate of drug-likeness (QED) is 0.0803. The Kier molecular flexibility index (Phi) is 12.6. The highest BCUT2D eigenvalue weighted by Gasteiger charge is 2.35. The number of ether oxygens (including phenoxy) is 1. The minimum atomic E-state index is -4.62. The summed E-state index contributed by atoms with van der Waals surface area (Å²) in [5.41, 5.74) is 5.17. The van der Waals surface area contributed by atoms with Crippen molar-refractivity contribution in [2.24, 2.45) is 5.41 Å². The molecule has 4 aliphatic rings. The maximum atomic E-state index is 15.3. The third-order valence-electron chi connectivity index (χ3n) is 13.1. The monoisotopic (exact) mass is 942 g/mol. The van der Waals surface area contributed by atoms with Gasteiger partial charge in [0.05, 0.1) is 26.8 Å². The number of aromatic amines is 1. The summed E-state index contributed by atoms with van der Waals surface area (Å²) in [7, 11) is -4.62. The number of hydrogen-bond donors (Lipinski definition) is 3. The first kappa shape index (κ1) is 45.0. The summed E-state index contributed by atoms with van der Waals surface area (Å²) >= 11 is 7.87. The number of carbonyl (C=O) groups is 1. The highest BCUT2D eigenvalue weighted by atomic mass is 35.5. The number of nitro groups is 1. The predicted molar refractivity (Wildman–Crippen MR) is 255 cm³/mol. The molecule has 0 unspecified atom stereocenters. The number of nitro benzene ring substituents is 1. The Morgan fingerprint density at radius 3 is 2.51 bits per heavy atom. The number of nitrogens with one attached hydrogen (secondary N) is 3. The molecule has 0 saturated carbocycles. The van der Waals surface area contributed by atoms with E-state index in [0.29, 0.717) is 18.0 Å². The smallest absolute Gasteiger partial charge is 0.293 e. The minimum absolute atomic E-state index is 0.0351. The highest BCUT2D eigenvalue weighted by molar-refractivity contribution is 7.99. The first-order valence-electron chi connectivity index (χ1n) is 22.0. The normalized spacial score (nSPS) is 19.0. The van der Waals surface area contributed by atoms with Gasteiger partial charge in [0.2, 0.25) is 0 Å². The number of allylic oxidation sites excluding steroid dienone is 1. The van der Waals surface area contributed by atoms with Gasteiger partial charge in [-0.1, -0.05) is 43.2 Å². The number of benzene rings is 3. The number of carbonyl (C=O) groups excluding carboxylic acids is 1. The SMILES string of the molecule is CC1(C)CCC(CN2CCN(c3ccc(C(=O)NS(=O)(=O)c4ccc(NCC5(F)CCOCC5)c([N+](=O)[O-])c4)c(N4CCSc5nc6[nH]ccc6cc54)c3)CC2)=C(c2ccc(Cl)cc2)C1. The fourth-order valence-electron chi connectivity index (χ4n) is 9.27. The van der Waals surface area contributed by atoms with Crippen molar-refractivity contribution < 1.29 is 27.3 Å². The second kappa shape index (κ2) is 18.2. The number of fused-ring (bicyclic) bond motifs is 2. The molecule has 342 valence electrons. The number of rotatable bonds is 12. The number of amides is 1. The lowest BCUT2D eigenvalue weighted by atomic mass is 9.72. The Labute approximate surface area is 387 Å². The Hall–Kier alpha value is -5.20. The zero-order valence-corrected chi connectivity index (χ0v) is 38.8. The van der Waals surface area contributed by atoms with E-state index in [4.69, 9.17) is 21.3 Å². The van der Waals surface area contributed by atoms with Crippen LogP contribution < -0.4 is 19.8 Å². The lowest BCUT2D eigenvalue weighted by Gasteiger charge is -2.40. The number of piperazine rings is 1. The number of anilines is 4. The van der Waals surface area contributed by atoms with Crippen molar-refractivity contribution in [3.63, 3.8) is 0 Å². The molecule has 2 saturated heterocycles. The number of hydrogen-bond acceptors (Lipinski definition) is 12. The van der Waals surface area contributed by atoms with Crippen molar-refractivity contribution in [3.05, 3.63) is 111 Å². The molecule has 3 aromatic carbocycles. The summed E-state index contributed by atoms with van der Waals surface area (Å²) in [4.78, 5) is 40.1. The zero-order valence-electron chi connectivity index (χ0n) is 36.4. The van der Waals surface area contributed by atoms with Crippen LogP contribution in [0.5, 0.6) is 0 Å². The van der Waals surface area contributed by atoms with Crippen molar-refractivity contribution >= 4 is 84.3 Å². The van der Waals surface area contributed by atoms with Crippen molar-refractivity contribution in [2.75, 3.05) is 79.9 Å². The van der Waals surface area contributed by atoms with Gasteiger partial charge in [0.25, 0.3) is 21.6 Å². The van der Waals surface area contributed by atoms with Gasteiger partial charge in [-0.2, -0.15) is 0 Å². The molecule has 9 rings (SSSR count). The third-order valence-corrected chi connectivity index (χ3v) is 15.6. The fourth-order valence-corrected chi connectivity index (χ4v) is 11.3. The van der Waals surface area contributed by atoms with Crippen molar-refractivity contribution in [1.82, 2.24) is 19.6 Å². The van der Waals surface area contributed by atoms with Gasteiger partial charge in [-0.05, 0) is 90.4 Å². The zero-order chi connectivity index (χ0) is 45.5.